The highest BCUT2D eigenvalue weighted by molar-refractivity contribution is 9.10. The van der Waals surface area contributed by atoms with Gasteiger partial charge in [-0.05, 0) is 22.0 Å². The quantitative estimate of drug-likeness (QED) is 0.576. The van der Waals surface area contributed by atoms with E-state index >= 15 is 0 Å². The van der Waals surface area contributed by atoms with E-state index in [0.29, 0.717) is 6.29 Å². The summed E-state index contributed by atoms with van der Waals surface area (Å²) in [5.74, 6) is -2.57. The van der Waals surface area contributed by atoms with E-state index in [0.717, 1.165) is 6.07 Å². The minimum Gasteiger partial charge on any atom is -0.504 e. The molecule has 64 valence electrons. The highest BCUT2D eigenvalue weighted by Crippen LogP contribution is 2.34. The fraction of sp³-hybridized carbons (Fsp3) is 0. The molecule has 0 atom stereocenters. The van der Waals surface area contributed by atoms with Crippen molar-refractivity contribution in [1.82, 2.24) is 0 Å². The molecule has 0 unspecified atom stereocenters. The summed E-state index contributed by atoms with van der Waals surface area (Å²) in [6.45, 7) is 0. The van der Waals surface area contributed by atoms with Crippen LogP contribution in [0.4, 0.5) is 4.39 Å². The van der Waals surface area contributed by atoms with Crippen molar-refractivity contribution in [1.29, 1.82) is 0 Å². The second kappa shape index (κ2) is 3.10. The van der Waals surface area contributed by atoms with Crippen LogP contribution in [0.2, 0.25) is 0 Å². The van der Waals surface area contributed by atoms with Crippen molar-refractivity contribution >= 4 is 22.2 Å². The number of carbonyl (C=O) groups is 1. The van der Waals surface area contributed by atoms with Crippen LogP contribution in [-0.2, 0) is 0 Å². The van der Waals surface area contributed by atoms with E-state index in [1.54, 1.807) is 0 Å². The minimum atomic E-state index is -1.04. The Kier molecular flexibility index (Phi) is 2.32. The summed E-state index contributed by atoms with van der Waals surface area (Å²) in [5, 5.41) is 17.7. The molecule has 0 radical (unpaired) electrons. The van der Waals surface area contributed by atoms with Gasteiger partial charge in [0, 0.05) is 5.56 Å². The molecule has 1 aromatic carbocycles. The van der Waals surface area contributed by atoms with Crippen LogP contribution in [0.3, 0.4) is 0 Å². The van der Waals surface area contributed by atoms with Crippen molar-refractivity contribution in [2.75, 3.05) is 0 Å². The van der Waals surface area contributed by atoms with E-state index < -0.39 is 17.3 Å². The summed E-state index contributed by atoms with van der Waals surface area (Å²) in [4.78, 5) is 10.3. The average molecular weight is 235 g/mol. The smallest absolute Gasteiger partial charge is 0.195 e. The molecule has 12 heavy (non-hydrogen) atoms. The second-order valence-electron chi connectivity index (χ2n) is 2.08. The molecule has 0 bridgehead atoms. The second-order valence-corrected chi connectivity index (χ2v) is 2.87. The molecule has 1 aromatic rings. The van der Waals surface area contributed by atoms with Crippen LogP contribution in [0.1, 0.15) is 10.4 Å². The molecule has 0 amide bonds. The number of aldehydes is 1. The third-order valence-corrected chi connectivity index (χ3v) is 2.12. The van der Waals surface area contributed by atoms with Crippen LogP contribution in [0.25, 0.3) is 0 Å². The molecule has 0 aliphatic rings. The zero-order valence-corrected chi connectivity index (χ0v) is 7.30. The molecule has 1 rings (SSSR count). The summed E-state index contributed by atoms with van der Waals surface area (Å²) in [6, 6.07) is 0.968. The Labute approximate surface area is 75.6 Å². The Balaban J connectivity index is 3.49. The number of benzene rings is 1. The molecule has 0 saturated heterocycles. The van der Waals surface area contributed by atoms with Crippen molar-refractivity contribution < 1.29 is 19.4 Å². The van der Waals surface area contributed by atoms with Gasteiger partial charge < -0.3 is 10.2 Å². The predicted octanol–water partition coefficient (Wildman–Crippen LogP) is 1.81. The fourth-order valence-electron chi connectivity index (χ4n) is 0.708. The number of phenolic OH excluding ortho intramolecular Hbond substituents is 2. The van der Waals surface area contributed by atoms with Gasteiger partial charge in [0.2, 0.25) is 0 Å². The zero-order valence-electron chi connectivity index (χ0n) is 5.71. The van der Waals surface area contributed by atoms with Crippen LogP contribution in [0.5, 0.6) is 11.5 Å². The first kappa shape index (κ1) is 8.99. The standard InChI is InChI=1S/C7H4BrFO3/c8-5-3(2-10)1-4(11)7(12)6(5)9/h1-2,11-12H. The number of halogens is 2. The maximum atomic E-state index is 12.8. The predicted molar refractivity (Wildman–Crippen MR) is 42.8 cm³/mol. The van der Waals surface area contributed by atoms with Crippen molar-refractivity contribution in [3.8, 4) is 11.5 Å². The molecule has 5 heteroatoms. The number of aromatic hydroxyl groups is 2. The first-order valence-electron chi connectivity index (χ1n) is 2.93. The molecule has 2 N–H and O–H groups in total. The summed E-state index contributed by atoms with van der Waals surface area (Å²) >= 11 is 2.75. The summed E-state index contributed by atoms with van der Waals surface area (Å²) in [5.41, 5.74) is -0.0530. The molecular weight excluding hydrogens is 231 g/mol. The fourth-order valence-corrected chi connectivity index (χ4v) is 1.10. The van der Waals surface area contributed by atoms with E-state index in [2.05, 4.69) is 15.9 Å². The topological polar surface area (TPSA) is 57.5 Å². The molecule has 0 aromatic heterocycles. The lowest BCUT2D eigenvalue weighted by atomic mass is 10.2. The first-order chi connectivity index (χ1) is 5.57. The summed E-state index contributed by atoms with van der Waals surface area (Å²) in [6.07, 6.45) is 0.367. The Morgan fingerprint density at radius 1 is 1.50 bits per heavy atom. The summed E-state index contributed by atoms with van der Waals surface area (Å²) in [7, 11) is 0. The Morgan fingerprint density at radius 3 is 2.58 bits per heavy atom. The maximum absolute atomic E-state index is 12.8. The van der Waals surface area contributed by atoms with Gasteiger partial charge >= 0.3 is 0 Å². The van der Waals surface area contributed by atoms with Gasteiger partial charge in [0.05, 0.1) is 4.47 Å². The third-order valence-electron chi connectivity index (χ3n) is 1.32. The van der Waals surface area contributed by atoms with Gasteiger partial charge in [0.1, 0.15) is 0 Å². The average Bonchev–Trinajstić information content (AvgIpc) is 2.08. The highest BCUT2D eigenvalue weighted by atomic mass is 79.9. The third kappa shape index (κ3) is 1.27. The van der Waals surface area contributed by atoms with Gasteiger partial charge in [0.15, 0.2) is 23.6 Å². The molecule has 0 saturated carbocycles. The van der Waals surface area contributed by atoms with Gasteiger partial charge in [-0.2, -0.15) is 0 Å². The van der Waals surface area contributed by atoms with Crippen LogP contribution in [-0.4, -0.2) is 16.5 Å². The van der Waals surface area contributed by atoms with Crippen molar-refractivity contribution in [2.45, 2.75) is 0 Å². The van der Waals surface area contributed by atoms with E-state index in [9.17, 15) is 9.18 Å². The van der Waals surface area contributed by atoms with Crippen LogP contribution in [0, 0.1) is 5.82 Å². The highest BCUT2D eigenvalue weighted by Gasteiger charge is 2.14. The van der Waals surface area contributed by atoms with Gasteiger partial charge in [-0.25, -0.2) is 4.39 Å². The molecule has 3 nitrogen and oxygen atoms in total. The number of carbonyl (C=O) groups excluding carboxylic acids is 1. The molecule has 0 aliphatic carbocycles. The first-order valence-corrected chi connectivity index (χ1v) is 3.72. The molecule has 0 aliphatic heterocycles. The lowest BCUT2D eigenvalue weighted by Gasteiger charge is -2.02. The molecule has 0 spiro atoms. The zero-order chi connectivity index (χ0) is 9.30. The van der Waals surface area contributed by atoms with Crippen molar-refractivity contribution in [3.05, 3.63) is 21.9 Å². The Morgan fingerprint density at radius 2 is 2.08 bits per heavy atom. The molecule has 0 fully saturated rings. The van der Waals surface area contributed by atoms with Crippen LogP contribution >= 0.6 is 15.9 Å². The van der Waals surface area contributed by atoms with Gasteiger partial charge in [-0.3, -0.25) is 4.79 Å². The van der Waals surface area contributed by atoms with Crippen LogP contribution < -0.4 is 0 Å². The minimum absolute atomic E-state index is 0.0530. The summed E-state index contributed by atoms with van der Waals surface area (Å²) < 4.78 is 12.7. The number of phenols is 2. The van der Waals surface area contributed by atoms with Crippen molar-refractivity contribution in [3.63, 3.8) is 0 Å². The van der Waals surface area contributed by atoms with Crippen molar-refractivity contribution in [2.24, 2.45) is 0 Å². The number of hydrogen-bond acceptors (Lipinski definition) is 3. The SMILES string of the molecule is O=Cc1cc(O)c(O)c(F)c1Br. The monoisotopic (exact) mass is 234 g/mol. The number of rotatable bonds is 1. The largest absolute Gasteiger partial charge is 0.504 e. The normalized spacial score (nSPS) is 9.83. The van der Waals surface area contributed by atoms with Gasteiger partial charge in [-0.1, -0.05) is 0 Å². The van der Waals surface area contributed by atoms with E-state index in [-0.39, 0.29) is 10.0 Å². The van der Waals surface area contributed by atoms with E-state index in [1.165, 1.54) is 0 Å². The Hall–Kier alpha value is -1.10. The Bertz CT molecular complexity index is 338. The lowest BCUT2D eigenvalue weighted by molar-refractivity contribution is 0.112. The molecule has 0 heterocycles. The van der Waals surface area contributed by atoms with Gasteiger partial charge in [0.25, 0.3) is 0 Å². The maximum Gasteiger partial charge on any atom is 0.195 e. The number of hydrogen-bond donors (Lipinski definition) is 2. The van der Waals surface area contributed by atoms with Crippen LogP contribution in [0.15, 0.2) is 10.5 Å². The van der Waals surface area contributed by atoms with E-state index in [1.807, 2.05) is 0 Å². The van der Waals surface area contributed by atoms with E-state index in [4.69, 9.17) is 10.2 Å². The van der Waals surface area contributed by atoms with Gasteiger partial charge in [-0.15, -0.1) is 0 Å². The molecular formula is C7H4BrFO3. The lowest BCUT2D eigenvalue weighted by Crippen LogP contribution is -1.88.